The van der Waals surface area contributed by atoms with Crippen LogP contribution in [0.3, 0.4) is 0 Å². The molecule has 8 nitrogen and oxygen atoms in total. The Kier molecular flexibility index (Phi) is 7.24. The lowest BCUT2D eigenvalue weighted by Gasteiger charge is -2.40. The molecule has 0 radical (unpaired) electrons. The number of benzene rings is 4. The van der Waals surface area contributed by atoms with Crippen LogP contribution in [-0.2, 0) is 11.2 Å². The average molecular weight is 581 g/mol. The van der Waals surface area contributed by atoms with E-state index >= 15 is 0 Å². The number of nitrogens with zero attached hydrogens (tertiary/aromatic N) is 5. The molecule has 1 N–H and O–H groups in total. The summed E-state index contributed by atoms with van der Waals surface area (Å²) >= 11 is 0. The van der Waals surface area contributed by atoms with E-state index in [1.165, 1.54) is 5.56 Å². The van der Waals surface area contributed by atoms with Gasteiger partial charge in [-0.2, -0.15) is 5.10 Å². The third-order valence-electron chi connectivity index (χ3n) is 7.96. The van der Waals surface area contributed by atoms with Crippen LogP contribution in [0.15, 0.2) is 119 Å². The topological polar surface area (TPSA) is 84.1 Å². The van der Waals surface area contributed by atoms with Crippen LogP contribution in [0.2, 0.25) is 0 Å². The number of aliphatic imine (C=N–C) groups is 2. The van der Waals surface area contributed by atoms with E-state index in [-0.39, 0.29) is 12.0 Å². The van der Waals surface area contributed by atoms with Gasteiger partial charge in [-0.25, -0.2) is 19.5 Å². The van der Waals surface area contributed by atoms with Gasteiger partial charge in [0.05, 0.1) is 41.0 Å². The number of para-hydroxylation sites is 3. The molecule has 0 spiro atoms. The smallest absolute Gasteiger partial charge is 0.338 e. The third kappa shape index (κ3) is 5.04. The van der Waals surface area contributed by atoms with E-state index in [1.54, 1.807) is 19.1 Å². The van der Waals surface area contributed by atoms with Gasteiger partial charge in [-0.05, 0) is 80.8 Å². The Morgan fingerprint density at radius 1 is 0.864 bits per heavy atom. The Balaban J connectivity index is 1.35. The number of fused-ring (bicyclic) bond motifs is 4. The molecule has 218 valence electrons. The van der Waals surface area contributed by atoms with Crippen molar-refractivity contribution in [1.29, 1.82) is 0 Å². The minimum Gasteiger partial charge on any atom is -0.462 e. The van der Waals surface area contributed by atoms with Crippen LogP contribution in [0.4, 0.5) is 22.9 Å². The minimum absolute atomic E-state index is 0.0326. The Morgan fingerprint density at radius 2 is 1.57 bits per heavy atom. The molecule has 8 heteroatoms. The van der Waals surface area contributed by atoms with Crippen molar-refractivity contribution in [2.45, 2.75) is 32.7 Å². The van der Waals surface area contributed by atoms with Gasteiger partial charge in [0.15, 0.2) is 17.5 Å². The van der Waals surface area contributed by atoms with E-state index in [9.17, 15) is 4.79 Å². The first-order valence-corrected chi connectivity index (χ1v) is 14.9. The van der Waals surface area contributed by atoms with Gasteiger partial charge in [-0.3, -0.25) is 0 Å². The van der Waals surface area contributed by atoms with Crippen molar-refractivity contribution in [2.75, 3.05) is 16.8 Å². The number of hydrogen-bond acceptors (Lipinski definition) is 7. The van der Waals surface area contributed by atoms with Gasteiger partial charge in [-0.1, -0.05) is 60.7 Å². The van der Waals surface area contributed by atoms with Gasteiger partial charge in [0, 0.05) is 11.3 Å². The van der Waals surface area contributed by atoms with Gasteiger partial charge in [0.25, 0.3) is 0 Å². The van der Waals surface area contributed by atoms with E-state index in [1.807, 2.05) is 65.3 Å². The summed E-state index contributed by atoms with van der Waals surface area (Å²) in [6, 6.07) is 36.1. The fraction of sp³-hybridized carbons (Fsp3) is 0.167. The first kappa shape index (κ1) is 27.3. The molecule has 44 heavy (non-hydrogen) atoms. The van der Waals surface area contributed by atoms with Gasteiger partial charge in [0.2, 0.25) is 0 Å². The molecule has 0 fully saturated rings. The fourth-order valence-corrected chi connectivity index (χ4v) is 5.93. The second-order valence-electron chi connectivity index (χ2n) is 10.8. The molecule has 0 saturated carbocycles. The first-order valence-electron chi connectivity index (χ1n) is 14.9. The van der Waals surface area contributed by atoms with E-state index in [0.29, 0.717) is 18.0 Å². The zero-order chi connectivity index (χ0) is 30.0. The van der Waals surface area contributed by atoms with E-state index < -0.39 is 0 Å². The van der Waals surface area contributed by atoms with Gasteiger partial charge >= 0.3 is 5.97 Å². The summed E-state index contributed by atoms with van der Waals surface area (Å²) in [5, 5.41) is 8.52. The molecular weight excluding hydrogens is 548 g/mol. The van der Waals surface area contributed by atoms with Crippen LogP contribution >= 0.6 is 0 Å². The summed E-state index contributed by atoms with van der Waals surface area (Å²) in [4.78, 5) is 24.9. The number of esters is 1. The second kappa shape index (κ2) is 11.6. The Labute approximate surface area is 256 Å². The highest BCUT2D eigenvalue weighted by Crippen LogP contribution is 2.47. The number of rotatable bonds is 7. The van der Waals surface area contributed by atoms with Crippen LogP contribution in [0.25, 0.3) is 5.69 Å². The summed E-state index contributed by atoms with van der Waals surface area (Å²) in [6.07, 6.45) is 1.75. The Hall–Kier alpha value is -5.50. The monoisotopic (exact) mass is 580 g/mol. The highest BCUT2D eigenvalue weighted by Gasteiger charge is 2.40. The number of aryl methyl sites for hydroxylation is 2. The quantitative estimate of drug-likeness (QED) is 0.199. The standard InChI is InChI=1S/C36H32N6O2/c1-3-44-36(43)26-19-21-27(22-20-26)37-33-35-39-34-32(24(2)40-42(34)28-14-8-5-9-15-28)31(23-18-25-12-6-4-7-13-25)41(35)30-17-11-10-16-29(30)38-33/h4-17,19-22,31H,3,18,23H2,1-2H3,(H,37,38). The molecule has 0 amide bonds. The number of anilines is 2. The summed E-state index contributed by atoms with van der Waals surface area (Å²) in [6.45, 7) is 4.20. The maximum Gasteiger partial charge on any atom is 0.338 e. The molecule has 5 aromatic rings. The number of nitrogens with one attached hydrogen (secondary N) is 1. The molecule has 2 aliphatic heterocycles. The third-order valence-corrected chi connectivity index (χ3v) is 7.96. The molecule has 1 unspecified atom stereocenters. The van der Waals surface area contributed by atoms with Crippen LogP contribution in [0, 0.1) is 6.92 Å². The lowest BCUT2D eigenvalue weighted by molar-refractivity contribution is 0.0526. The largest absolute Gasteiger partial charge is 0.462 e. The van der Waals surface area contributed by atoms with Crippen LogP contribution in [0.1, 0.15) is 46.6 Å². The van der Waals surface area contributed by atoms with E-state index in [4.69, 9.17) is 19.8 Å². The molecule has 0 aliphatic carbocycles. The number of hydrogen-bond donors (Lipinski definition) is 1. The molecule has 4 aromatic carbocycles. The SMILES string of the molecule is CCOC(=O)c1ccc(NC2=Nc3ccccc3N3C2=Nc2c(c(C)nn2-c2ccccc2)C3CCc2ccccc2)cc1. The summed E-state index contributed by atoms with van der Waals surface area (Å²) in [7, 11) is 0. The lowest BCUT2D eigenvalue weighted by Crippen LogP contribution is -2.46. The Bertz CT molecular complexity index is 1880. The molecule has 3 heterocycles. The Morgan fingerprint density at radius 3 is 2.32 bits per heavy atom. The average Bonchev–Trinajstić information content (AvgIpc) is 3.40. The zero-order valence-corrected chi connectivity index (χ0v) is 24.6. The van der Waals surface area contributed by atoms with Crippen molar-refractivity contribution in [1.82, 2.24) is 9.78 Å². The fourth-order valence-electron chi connectivity index (χ4n) is 5.93. The molecule has 7 rings (SSSR count). The maximum absolute atomic E-state index is 12.2. The van der Waals surface area contributed by atoms with Gasteiger partial charge in [-0.15, -0.1) is 0 Å². The molecule has 0 saturated heterocycles. The van der Waals surface area contributed by atoms with Crippen LogP contribution in [0.5, 0.6) is 0 Å². The van der Waals surface area contributed by atoms with Gasteiger partial charge < -0.3 is 15.0 Å². The van der Waals surface area contributed by atoms with Crippen LogP contribution in [-0.4, -0.2) is 34.0 Å². The van der Waals surface area contributed by atoms with Crippen molar-refractivity contribution in [3.63, 3.8) is 0 Å². The number of ether oxygens (including phenoxy) is 1. The molecule has 0 bridgehead atoms. The number of carbonyl (C=O) groups is 1. The van der Waals surface area contributed by atoms with Crippen molar-refractivity contribution >= 4 is 40.5 Å². The van der Waals surface area contributed by atoms with Crippen molar-refractivity contribution in [3.05, 3.63) is 132 Å². The highest BCUT2D eigenvalue weighted by molar-refractivity contribution is 6.51. The van der Waals surface area contributed by atoms with Crippen molar-refractivity contribution < 1.29 is 9.53 Å². The molecule has 2 aliphatic rings. The molecule has 1 atom stereocenters. The van der Waals surface area contributed by atoms with E-state index in [2.05, 4.69) is 53.5 Å². The van der Waals surface area contributed by atoms with Crippen molar-refractivity contribution in [2.24, 2.45) is 9.98 Å². The lowest BCUT2D eigenvalue weighted by atomic mass is 9.94. The van der Waals surface area contributed by atoms with E-state index in [0.717, 1.165) is 58.5 Å². The molecule has 1 aromatic heterocycles. The zero-order valence-electron chi connectivity index (χ0n) is 24.6. The maximum atomic E-state index is 12.2. The normalized spacial score (nSPS) is 15.0. The number of amidine groups is 2. The predicted octanol–water partition coefficient (Wildman–Crippen LogP) is 7.74. The van der Waals surface area contributed by atoms with Gasteiger partial charge in [0.1, 0.15) is 0 Å². The highest BCUT2D eigenvalue weighted by atomic mass is 16.5. The number of carbonyl (C=O) groups excluding carboxylic acids is 1. The summed E-state index contributed by atoms with van der Waals surface area (Å²) in [5.74, 6) is 1.82. The predicted molar refractivity (Wildman–Crippen MR) is 175 cm³/mol. The first-order chi connectivity index (χ1) is 21.6. The summed E-state index contributed by atoms with van der Waals surface area (Å²) < 4.78 is 7.10. The summed E-state index contributed by atoms with van der Waals surface area (Å²) in [5.41, 5.74) is 7.45. The van der Waals surface area contributed by atoms with Crippen LogP contribution < -0.4 is 10.2 Å². The molecular formula is C36H32N6O2. The minimum atomic E-state index is -0.343. The number of aromatic nitrogens is 2. The second-order valence-corrected chi connectivity index (χ2v) is 10.8. The van der Waals surface area contributed by atoms with Crippen molar-refractivity contribution in [3.8, 4) is 5.69 Å².